The van der Waals surface area contributed by atoms with E-state index in [1.807, 2.05) is 43.7 Å². The summed E-state index contributed by atoms with van der Waals surface area (Å²) in [7, 11) is 1.86. The van der Waals surface area contributed by atoms with Crippen molar-refractivity contribution in [2.45, 2.75) is 19.4 Å². The molecule has 0 saturated heterocycles. The number of benzene rings is 2. The number of phenols is 1. The van der Waals surface area contributed by atoms with Crippen LogP contribution in [0, 0.1) is 0 Å². The molecule has 4 nitrogen and oxygen atoms in total. The highest BCUT2D eigenvalue weighted by Crippen LogP contribution is 2.36. The Morgan fingerprint density at radius 1 is 1.09 bits per heavy atom. The smallest absolute Gasteiger partial charge is 0.197 e. The van der Waals surface area contributed by atoms with Gasteiger partial charge in [-0.2, -0.15) is 0 Å². The lowest BCUT2D eigenvalue weighted by atomic mass is 9.98. The molecule has 1 N–H and O–H groups in total. The standard InChI is InChI=1S/C19H17NO3/c1-19(2)10-9-11-15(23-19)8-7-13-16(11)20(3)17-12(18(13)22)5-4-6-14(17)21/h4-10,21H,1-3H3. The molecule has 0 spiro atoms. The van der Waals surface area contributed by atoms with Crippen molar-refractivity contribution >= 4 is 27.9 Å². The predicted octanol–water partition coefficient (Wildman–Crippen LogP) is 3.58. The van der Waals surface area contributed by atoms with Gasteiger partial charge in [0.25, 0.3) is 0 Å². The van der Waals surface area contributed by atoms with E-state index in [-0.39, 0.29) is 16.8 Å². The fourth-order valence-corrected chi connectivity index (χ4v) is 3.31. The third-order valence-corrected chi connectivity index (χ3v) is 4.38. The van der Waals surface area contributed by atoms with Gasteiger partial charge in [-0.3, -0.25) is 4.79 Å². The van der Waals surface area contributed by atoms with Crippen LogP contribution in [0.25, 0.3) is 27.9 Å². The lowest BCUT2D eigenvalue weighted by Gasteiger charge is -2.29. The minimum absolute atomic E-state index is 0.0787. The van der Waals surface area contributed by atoms with Crippen LogP contribution in [0.15, 0.2) is 41.2 Å². The van der Waals surface area contributed by atoms with Crippen LogP contribution in [-0.2, 0) is 7.05 Å². The van der Waals surface area contributed by atoms with Crippen LogP contribution < -0.4 is 10.2 Å². The van der Waals surface area contributed by atoms with E-state index >= 15 is 0 Å². The Balaban J connectivity index is 2.23. The Labute approximate surface area is 133 Å². The van der Waals surface area contributed by atoms with Crippen LogP contribution in [-0.4, -0.2) is 15.3 Å². The van der Waals surface area contributed by atoms with E-state index < -0.39 is 0 Å². The molecule has 0 fully saturated rings. The van der Waals surface area contributed by atoms with Gasteiger partial charge >= 0.3 is 0 Å². The van der Waals surface area contributed by atoms with Gasteiger partial charge in [-0.05, 0) is 50.3 Å². The van der Waals surface area contributed by atoms with Gasteiger partial charge in [-0.1, -0.05) is 6.07 Å². The van der Waals surface area contributed by atoms with Crippen molar-refractivity contribution in [3.05, 3.63) is 52.2 Å². The molecule has 23 heavy (non-hydrogen) atoms. The summed E-state index contributed by atoms with van der Waals surface area (Å²) in [6.07, 6.45) is 3.97. The summed E-state index contributed by atoms with van der Waals surface area (Å²) < 4.78 is 7.87. The minimum Gasteiger partial charge on any atom is -0.506 e. The van der Waals surface area contributed by atoms with Gasteiger partial charge < -0.3 is 14.4 Å². The molecule has 0 saturated carbocycles. The average Bonchev–Trinajstić information content (AvgIpc) is 2.50. The molecular weight excluding hydrogens is 290 g/mol. The summed E-state index contributed by atoms with van der Waals surface area (Å²) in [5, 5.41) is 11.4. The highest BCUT2D eigenvalue weighted by atomic mass is 16.5. The Hall–Kier alpha value is -2.75. The van der Waals surface area contributed by atoms with Gasteiger partial charge in [0.1, 0.15) is 17.1 Å². The van der Waals surface area contributed by atoms with Crippen LogP contribution in [0.2, 0.25) is 0 Å². The van der Waals surface area contributed by atoms with Crippen molar-refractivity contribution in [2.75, 3.05) is 0 Å². The average molecular weight is 307 g/mol. The second kappa shape index (κ2) is 4.38. The Kier molecular flexibility index (Phi) is 2.64. The minimum atomic E-state index is -0.376. The van der Waals surface area contributed by atoms with Gasteiger partial charge in [0.2, 0.25) is 0 Å². The third kappa shape index (κ3) is 1.88. The molecule has 1 aliphatic rings. The molecule has 1 aromatic heterocycles. The Morgan fingerprint density at radius 2 is 1.83 bits per heavy atom. The number of para-hydroxylation sites is 1. The molecule has 0 unspecified atom stereocenters. The topological polar surface area (TPSA) is 51.5 Å². The third-order valence-electron chi connectivity index (χ3n) is 4.38. The molecule has 0 aliphatic carbocycles. The molecule has 4 rings (SSSR count). The van der Waals surface area contributed by atoms with Crippen LogP contribution in [0.4, 0.5) is 0 Å². The number of aromatic nitrogens is 1. The number of hydrogen-bond donors (Lipinski definition) is 1. The first-order chi connectivity index (χ1) is 10.9. The second-order valence-electron chi connectivity index (χ2n) is 6.47. The number of fused-ring (bicyclic) bond motifs is 4. The molecule has 0 amide bonds. The van der Waals surface area contributed by atoms with Crippen LogP contribution in [0.3, 0.4) is 0 Å². The number of hydrogen-bond acceptors (Lipinski definition) is 3. The van der Waals surface area contributed by atoms with Gasteiger partial charge in [0, 0.05) is 18.0 Å². The second-order valence-corrected chi connectivity index (χ2v) is 6.47. The summed E-state index contributed by atoms with van der Waals surface area (Å²) in [5.41, 5.74) is 1.72. The van der Waals surface area contributed by atoms with Gasteiger partial charge in [0.05, 0.1) is 16.4 Å². The van der Waals surface area contributed by atoms with Crippen molar-refractivity contribution in [1.29, 1.82) is 0 Å². The predicted molar refractivity (Wildman–Crippen MR) is 92.1 cm³/mol. The van der Waals surface area contributed by atoms with E-state index in [0.29, 0.717) is 16.3 Å². The summed E-state index contributed by atoms with van der Waals surface area (Å²) in [6, 6.07) is 8.67. The molecule has 0 bridgehead atoms. The molecule has 1 aliphatic heterocycles. The van der Waals surface area contributed by atoms with E-state index in [4.69, 9.17) is 4.74 Å². The largest absolute Gasteiger partial charge is 0.506 e. The number of pyridine rings is 1. The summed E-state index contributed by atoms with van der Waals surface area (Å²) in [6.45, 7) is 3.98. The SMILES string of the molecule is Cn1c2c(O)cccc2c(=O)c2ccc3c(c21)C=CC(C)(C)O3. The summed E-state index contributed by atoms with van der Waals surface area (Å²) >= 11 is 0. The van der Waals surface area contributed by atoms with E-state index in [1.54, 1.807) is 24.3 Å². The van der Waals surface area contributed by atoms with Crippen molar-refractivity contribution < 1.29 is 9.84 Å². The first-order valence-corrected chi connectivity index (χ1v) is 7.55. The van der Waals surface area contributed by atoms with E-state index in [1.165, 1.54) is 0 Å². The molecule has 0 atom stereocenters. The normalized spacial score (nSPS) is 15.6. The first kappa shape index (κ1) is 13.9. The summed E-state index contributed by atoms with van der Waals surface area (Å²) in [5.74, 6) is 0.845. The lowest BCUT2D eigenvalue weighted by molar-refractivity contribution is 0.159. The number of phenolic OH excluding ortho intramolecular Hbond substituents is 1. The fourth-order valence-electron chi connectivity index (χ4n) is 3.31. The molecular formula is C19H17NO3. The van der Waals surface area contributed by atoms with Crippen molar-refractivity contribution in [3.8, 4) is 11.5 Å². The van der Waals surface area contributed by atoms with E-state index in [2.05, 4.69) is 0 Å². The zero-order valence-corrected chi connectivity index (χ0v) is 13.3. The zero-order valence-electron chi connectivity index (χ0n) is 13.3. The zero-order chi connectivity index (χ0) is 16.4. The van der Waals surface area contributed by atoms with Crippen molar-refractivity contribution in [1.82, 2.24) is 4.57 Å². The first-order valence-electron chi connectivity index (χ1n) is 7.55. The number of aromatic hydroxyl groups is 1. The molecule has 2 aromatic carbocycles. The van der Waals surface area contributed by atoms with Crippen LogP contribution in [0.1, 0.15) is 19.4 Å². The Bertz CT molecular complexity index is 1060. The number of rotatable bonds is 0. The van der Waals surface area contributed by atoms with Crippen molar-refractivity contribution in [2.24, 2.45) is 7.05 Å². The monoisotopic (exact) mass is 307 g/mol. The lowest BCUT2D eigenvalue weighted by Crippen LogP contribution is -2.27. The molecule has 116 valence electrons. The molecule has 4 heteroatoms. The summed E-state index contributed by atoms with van der Waals surface area (Å²) in [4.78, 5) is 12.8. The van der Waals surface area contributed by atoms with E-state index in [9.17, 15) is 9.90 Å². The maximum absolute atomic E-state index is 12.8. The highest BCUT2D eigenvalue weighted by Gasteiger charge is 2.24. The Morgan fingerprint density at radius 3 is 2.61 bits per heavy atom. The molecule has 3 aromatic rings. The fraction of sp³-hybridized carbons (Fsp3) is 0.211. The highest BCUT2D eigenvalue weighted by molar-refractivity contribution is 6.00. The van der Waals surface area contributed by atoms with Crippen molar-refractivity contribution in [3.63, 3.8) is 0 Å². The molecule has 0 radical (unpaired) electrons. The number of aryl methyl sites for hydroxylation is 1. The maximum Gasteiger partial charge on any atom is 0.197 e. The van der Waals surface area contributed by atoms with Crippen LogP contribution >= 0.6 is 0 Å². The van der Waals surface area contributed by atoms with Gasteiger partial charge in [-0.25, -0.2) is 0 Å². The number of ether oxygens (including phenoxy) is 1. The van der Waals surface area contributed by atoms with E-state index in [0.717, 1.165) is 16.8 Å². The maximum atomic E-state index is 12.8. The number of nitrogens with zero attached hydrogens (tertiary/aromatic N) is 1. The van der Waals surface area contributed by atoms with Crippen LogP contribution in [0.5, 0.6) is 11.5 Å². The van der Waals surface area contributed by atoms with Gasteiger partial charge in [0.15, 0.2) is 5.43 Å². The molecule has 2 heterocycles. The van der Waals surface area contributed by atoms with Gasteiger partial charge in [-0.15, -0.1) is 0 Å². The quantitative estimate of drug-likeness (QED) is 0.646.